The van der Waals surface area contributed by atoms with E-state index in [-0.39, 0.29) is 20.1 Å². The Hall–Kier alpha value is -3.52. The van der Waals surface area contributed by atoms with E-state index in [0.717, 1.165) is 33.8 Å². The molecule has 32 heavy (non-hydrogen) atoms. The van der Waals surface area contributed by atoms with Crippen LogP contribution in [0.4, 0.5) is 17.1 Å². The molecule has 0 spiro atoms. The zero-order valence-electron chi connectivity index (χ0n) is 17.2. The summed E-state index contributed by atoms with van der Waals surface area (Å²) in [5.41, 5.74) is 8.71. The molecule has 0 fully saturated rings. The molecule has 0 saturated carbocycles. The maximum Gasteiger partial charge on any atom is 0.0607 e. The van der Waals surface area contributed by atoms with Crippen LogP contribution >= 0.6 is 0 Å². The molecule has 0 N–H and O–H groups in total. The monoisotopic (exact) mass is 588 g/mol. The number of benzene rings is 4. The van der Waals surface area contributed by atoms with E-state index < -0.39 is 0 Å². The Bertz CT molecular complexity index is 1390. The van der Waals surface area contributed by atoms with Gasteiger partial charge in [-0.2, -0.15) is 0 Å². The summed E-state index contributed by atoms with van der Waals surface area (Å²) in [5.74, 6) is 0. The van der Waals surface area contributed by atoms with Crippen LogP contribution in [0.3, 0.4) is 0 Å². The van der Waals surface area contributed by atoms with Crippen molar-refractivity contribution in [3.63, 3.8) is 0 Å². The second-order valence-corrected chi connectivity index (χ2v) is 7.64. The first-order valence-corrected chi connectivity index (χ1v) is 10.4. The van der Waals surface area contributed by atoms with E-state index in [1.54, 1.807) is 0 Å². The maximum absolute atomic E-state index is 4.96. The fraction of sp³-hybridized carbons (Fsp3) is 0. The Morgan fingerprint density at radius 2 is 1.31 bits per heavy atom. The van der Waals surface area contributed by atoms with Gasteiger partial charge in [-0.15, -0.1) is 29.8 Å². The van der Waals surface area contributed by atoms with E-state index in [1.807, 2.05) is 18.2 Å². The van der Waals surface area contributed by atoms with Crippen molar-refractivity contribution in [3.8, 4) is 11.3 Å². The minimum absolute atomic E-state index is 0. The predicted molar refractivity (Wildman–Crippen MR) is 130 cm³/mol. The Labute approximate surface area is 201 Å². The molecule has 6 rings (SSSR count). The Kier molecular flexibility index (Phi) is 5.44. The van der Waals surface area contributed by atoms with Crippen LogP contribution in [-0.4, -0.2) is 4.98 Å². The third-order valence-corrected chi connectivity index (χ3v) is 5.69. The standard InChI is InChI=1S/C29H19N2.Ir/c1-3-11-24(12-4-1)31(25-13-5-2-6-14-25)26-15-7-10-22(19-26)28-20-23-18-17-21-9-8-16-27(30-28)29(21)23;/h1-9,11-20H;/q-1;. The van der Waals surface area contributed by atoms with Gasteiger partial charge in [-0.1, -0.05) is 66.7 Å². The van der Waals surface area contributed by atoms with Gasteiger partial charge < -0.3 is 4.90 Å². The number of rotatable bonds is 4. The number of para-hydroxylation sites is 2. The molecule has 155 valence electrons. The van der Waals surface area contributed by atoms with Crippen LogP contribution in [0.5, 0.6) is 0 Å². The van der Waals surface area contributed by atoms with Crippen LogP contribution in [-0.2, 0) is 20.1 Å². The van der Waals surface area contributed by atoms with Crippen molar-refractivity contribution in [2.45, 2.75) is 0 Å². The van der Waals surface area contributed by atoms with Gasteiger partial charge in [0, 0.05) is 36.9 Å². The van der Waals surface area contributed by atoms with Gasteiger partial charge in [-0.3, -0.25) is 4.98 Å². The number of hydrogen-bond donors (Lipinski definition) is 0. The fourth-order valence-electron chi connectivity index (χ4n) is 4.28. The SMILES string of the molecule is [Ir].[c-]1ccc(N(c2ccccc2)c2ccccc2)cc1-c1cc2c3c(cccc3n1)C=C2. The van der Waals surface area contributed by atoms with Gasteiger partial charge in [0.2, 0.25) is 0 Å². The second-order valence-electron chi connectivity index (χ2n) is 7.64. The molecule has 0 unspecified atom stereocenters. The van der Waals surface area contributed by atoms with Gasteiger partial charge in [0.25, 0.3) is 0 Å². The maximum atomic E-state index is 4.96. The third kappa shape index (κ3) is 3.56. The normalized spacial score (nSPS) is 11.4. The fourth-order valence-corrected chi connectivity index (χ4v) is 4.28. The quantitative estimate of drug-likeness (QED) is 0.197. The molecule has 1 aliphatic rings. The molecule has 0 saturated heterocycles. The number of aromatic nitrogens is 1. The largest absolute Gasteiger partial charge is 0.328 e. The van der Waals surface area contributed by atoms with E-state index in [1.165, 1.54) is 16.5 Å². The average molecular weight is 588 g/mol. The van der Waals surface area contributed by atoms with Gasteiger partial charge in [-0.05, 0) is 52.8 Å². The van der Waals surface area contributed by atoms with Crippen LogP contribution in [0.1, 0.15) is 11.1 Å². The van der Waals surface area contributed by atoms with Gasteiger partial charge in [-0.25, -0.2) is 0 Å². The van der Waals surface area contributed by atoms with Crippen molar-refractivity contribution in [2.75, 3.05) is 4.90 Å². The number of pyridine rings is 1. The average Bonchev–Trinajstić information content (AvgIpc) is 3.25. The first-order valence-electron chi connectivity index (χ1n) is 10.4. The van der Waals surface area contributed by atoms with E-state index >= 15 is 0 Å². The summed E-state index contributed by atoms with van der Waals surface area (Å²) in [6.07, 6.45) is 4.34. The molecule has 4 aromatic carbocycles. The van der Waals surface area contributed by atoms with Gasteiger partial charge in [0.15, 0.2) is 0 Å². The molecule has 0 bridgehead atoms. The molecule has 0 aliphatic heterocycles. The van der Waals surface area contributed by atoms with Gasteiger partial charge in [0.1, 0.15) is 0 Å². The van der Waals surface area contributed by atoms with Crippen molar-refractivity contribution in [1.82, 2.24) is 4.98 Å². The number of nitrogens with zero attached hydrogens (tertiary/aromatic N) is 2. The first kappa shape index (κ1) is 20.4. The summed E-state index contributed by atoms with van der Waals surface area (Å²) in [5, 5.41) is 1.23. The zero-order chi connectivity index (χ0) is 20.6. The number of hydrogen-bond acceptors (Lipinski definition) is 2. The summed E-state index contributed by atoms with van der Waals surface area (Å²) < 4.78 is 0. The molecule has 0 amide bonds. The minimum Gasteiger partial charge on any atom is -0.328 e. The van der Waals surface area contributed by atoms with Crippen molar-refractivity contribution < 1.29 is 20.1 Å². The molecular weight excluding hydrogens is 569 g/mol. The summed E-state index contributed by atoms with van der Waals surface area (Å²) in [6.45, 7) is 0. The van der Waals surface area contributed by atoms with Crippen molar-refractivity contribution in [1.29, 1.82) is 0 Å². The molecule has 1 radical (unpaired) electrons. The Morgan fingerprint density at radius 1 is 0.625 bits per heavy atom. The van der Waals surface area contributed by atoms with E-state index in [2.05, 4.69) is 108 Å². The molecule has 0 atom stereocenters. The van der Waals surface area contributed by atoms with Gasteiger partial charge >= 0.3 is 0 Å². The minimum atomic E-state index is 0. The smallest absolute Gasteiger partial charge is 0.0607 e. The molecule has 1 aliphatic carbocycles. The van der Waals surface area contributed by atoms with Crippen LogP contribution in [0.2, 0.25) is 0 Å². The van der Waals surface area contributed by atoms with Gasteiger partial charge in [0.05, 0.1) is 5.52 Å². The third-order valence-electron chi connectivity index (χ3n) is 5.69. The molecule has 2 nitrogen and oxygen atoms in total. The van der Waals surface area contributed by atoms with E-state index in [0.29, 0.717) is 0 Å². The van der Waals surface area contributed by atoms with E-state index in [4.69, 9.17) is 4.98 Å². The zero-order valence-corrected chi connectivity index (χ0v) is 19.6. The summed E-state index contributed by atoms with van der Waals surface area (Å²) in [7, 11) is 0. The molecule has 1 heterocycles. The number of anilines is 3. The van der Waals surface area contributed by atoms with Crippen molar-refractivity contribution in [3.05, 3.63) is 120 Å². The molecule has 1 aromatic heterocycles. The first-order chi connectivity index (χ1) is 15.4. The molecular formula is C29H19IrN2-. The van der Waals surface area contributed by atoms with Crippen molar-refractivity contribution in [2.24, 2.45) is 0 Å². The summed E-state index contributed by atoms with van der Waals surface area (Å²) >= 11 is 0. The van der Waals surface area contributed by atoms with Crippen LogP contribution in [0.25, 0.3) is 34.3 Å². The Morgan fingerprint density at radius 3 is 2.03 bits per heavy atom. The van der Waals surface area contributed by atoms with E-state index in [9.17, 15) is 0 Å². The van der Waals surface area contributed by atoms with Crippen LogP contribution in [0.15, 0.2) is 103 Å². The molecule has 5 aromatic rings. The molecule has 3 heteroatoms. The second kappa shape index (κ2) is 8.55. The predicted octanol–water partition coefficient (Wildman–Crippen LogP) is 7.65. The topological polar surface area (TPSA) is 16.1 Å². The Balaban J connectivity index is 0.00000216. The summed E-state index contributed by atoms with van der Waals surface area (Å²) in [4.78, 5) is 7.22. The van der Waals surface area contributed by atoms with Crippen LogP contribution in [0, 0.1) is 6.07 Å². The van der Waals surface area contributed by atoms with Crippen LogP contribution < -0.4 is 4.90 Å². The van der Waals surface area contributed by atoms with Crippen molar-refractivity contribution >= 4 is 40.1 Å². The summed E-state index contributed by atoms with van der Waals surface area (Å²) in [6, 6.07) is 39.0.